The molecule has 1 amide bonds. The van der Waals surface area contributed by atoms with Crippen LogP contribution in [-0.2, 0) is 14.3 Å². The Kier molecular flexibility index (Phi) is 47.0. The van der Waals surface area contributed by atoms with E-state index >= 15 is 0 Å². The van der Waals surface area contributed by atoms with Gasteiger partial charge in [-0.3, -0.25) is 9.59 Å². The molecule has 0 aromatic heterocycles. The first kappa shape index (κ1) is 58.3. The molecule has 0 spiro atoms. The quantitative estimate of drug-likeness (QED) is 0.0322. The third-order valence-electron chi connectivity index (χ3n) is 12.3. The monoisotopic (exact) mass is 846 g/mol. The highest BCUT2D eigenvalue weighted by molar-refractivity contribution is 5.77. The molecule has 3 unspecified atom stereocenters. The molecule has 0 heterocycles. The zero-order chi connectivity index (χ0) is 43.8. The van der Waals surface area contributed by atoms with Crippen LogP contribution in [0.1, 0.15) is 284 Å². The van der Waals surface area contributed by atoms with Crippen molar-refractivity contribution in [1.82, 2.24) is 5.32 Å². The number of aliphatic hydroxyl groups excluding tert-OH is 2. The Morgan fingerprint density at radius 3 is 1.35 bits per heavy atom. The van der Waals surface area contributed by atoms with Crippen molar-refractivity contribution in [2.75, 3.05) is 6.61 Å². The second kappa shape index (κ2) is 48.4. The maximum atomic E-state index is 13.2. The third kappa shape index (κ3) is 43.0. The Morgan fingerprint density at radius 2 is 0.900 bits per heavy atom. The molecule has 0 fully saturated rings. The lowest BCUT2D eigenvalue weighted by Crippen LogP contribution is -2.46. The summed E-state index contributed by atoms with van der Waals surface area (Å²) in [5.74, 6) is -0.473. The van der Waals surface area contributed by atoms with Gasteiger partial charge in [-0.2, -0.15) is 0 Å². The van der Waals surface area contributed by atoms with Crippen LogP contribution in [0.15, 0.2) is 24.3 Å². The van der Waals surface area contributed by atoms with Gasteiger partial charge < -0.3 is 20.3 Å². The van der Waals surface area contributed by atoms with Crippen molar-refractivity contribution >= 4 is 11.9 Å². The van der Waals surface area contributed by atoms with Crippen LogP contribution in [0.4, 0.5) is 0 Å². The summed E-state index contributed by atoms with van der Waals surface area (Å²) in [6.45, 7) is 6.40. The number of rotatable bonds is 48. The van der Waals surface area contributed by atoms with Crippen LogP contribution in [-0.4, -0.2) is 46.9 Å². The molecular formula is C54H103NO5. The number of aliphatic hydroxyl groups is 2. The SMILES string of the molecule is CC/C=C/C/C=C/CCCCCCCC(CC(=O)NC(CO)C(O)CCCCCCCCCCCCCCCCC)OC(=O)CCCCCCCCCCCCCCCC. The van der Waals surface area contributed by atoms with E-state index in [-0.39, 0.29) is 24.9 Å². The van der Waals surface area contributed by atoms with Gasteiger partial charge in [-0.1, -0.05) is 244 Å². The smallest absolute Gasteiger partial charge is 0.306 e. The highest BCUT2D eigenvalue weighted by atomic mass is 16.5. The maximum Gasteiger partial charge on any atom is 0.306 e. The molecular weight excluding hydrogens is 743 g/mol. The molecule has 60 heavy (non-hydrogen) atoms. The summed E-state index contributed by atoms with van der Waals surface area (Å²) in [7, 11) is 0. The van der Waals surface area contributed by atoms with Crippen LogP contribution in [0.3, 0.4) is 0 Å². The van der Waals surface area contributed by atoms with Gasteiger partial charge in [0.25, 0.3) is 0 Å². The number of carbonyl (C=O) groups is 2. The number of ether oxygens (including phenoxy) is 1. The highest BCUT2D eigenvalue weighted by Crippen LogP contribution is 2.18. The molecule has 6 heteroatoms. The summed E-state index contributed by atoms with van der Waals surface area (Å²) < 4.78 is 5.93. The lowest BCUT2D eigenvalue weighted by Gasteiger charge is -2.24. The van der Waals surface area contributed by atoms with Crippen LogP contribution in [0.5, 0.6) is 0 Å². The van der Waals surface area contributed by atoms with Gasteiger partial charge in [0, 0.05) is 6.42 Å². The Labute approximate surface area is 373 Å². The number of esters is 1. The summed E-state index contributed by atoms with van der Waals surface area (Å²) in [4.78, 5) is 26.1. The first-order valence-electron chi connectivity index (χ1n) is 26.6. The fourth-order valence-electron chi connectivity index (χ4n) is 8.29. The van der Waals surface area contributed by atoms with E-state index in [2.05, 4.69) is 50.4 Å². The second-order valence-electron chi connectivity index (χ2n) is 18.3. The molecule has 6 nitrogen and oxygen atoms in total. The fraction of sp³-hybridized carbons (Fsp3) is 0.889. The number of nitrogens with one attached hydrogen (secondary N) is 1. The number of unbranched alkanes of at least 4 members (excludes halogenated alkanes) is 32. The van der Waals surface area contributed by atoms with Gasteiger partial charge in [0.15, 0.2) is 0 Å². The first-order valence-corrected chi connectivity index (χ1v) is 26.6. The van der Waals surface area contributed by atoms with E-state index in [1.165, 1.54) is 167 Å². The standard InChI is InChI=1S/C54H103NO5/c1-4-7-10-13-16-19-22-25-27-28-31-34-37-40-43-46-52(57)51(49-56)55-53(58)48-50(45-42-39-36-33-30-24-21-18-15-12-9-6-3)60-54(59)47-44-41-38-35-32-29-26-23-20-17-14-11-8-5-2/h9,12,18,21,50-52,56-57H,4-8,10-11,13-17,19-20,22-49H2,1-3H3,(H,55,58)/b12-9+,21-18+. The van der Waals surface area contributed by atoms with Crippen molar-refractivity contribution in [2.24, 2.45) is 0 Å². The fourth-order valence-corrected chi connectivity index (χ4v) is 8.29. The summed E-state index contributed by atoms with van der Waals surface area (Å²) >= 11 is 0. The topological polar surface area (TPSA) is 95.9 Å². The maximum absolute atomic E-state index is 13.2. The van der Waals surface area contributed by atoms with Crippen molar-refractivity contribution in [3.8, 4) is 0 Å². The second-order valence-corrected chi connectivity index (χ2v) is 18.3. The van der Waals surface area contributed by atoms with Crippen LogP contribution < -0.4 is 5.32 Å². The number of allylic oxidation sites excluding steroid dienone is 4. The molecule has 0 rings (SSSR count). The minimum absolute atomic E-state index is 0.0733. The van der Waals surface area contributed by atoms with Crippen LogP contribution >= 0.6 is 0 Å². The summed E-state index contributed by atoms with van der Waals surface area (Å²) in [6.07, 6.45) is 55.2. The van der Waals surface area contributed by atoms with E-state index in [1.807, 2.05) is 0 Å². The van der Waals surface area contributed by atoms with E-state index in [0.29, 0.717) is 19.3 Å². The molecule has 0 saturated carbocycles. The van der Waals surface area contributed by atoms with Crippen molar-refractivity contribution in [2.45, 2.75) is 302 Å². The molecule has 0 saturated heterocycles. The molecule has 0 aliphatic carbocycles. The van der Waals surface area contributed by atoms with Crippen molar-refractivity contribution in [3.05, 3.63) is 24.3 Å². The summed E-state index contributed by atoms with van der Waals surface area (Å²) in [5, 5.41) is 23.8. The lowest BCUT2D eigenvalue weighted by molar-refractivity contribution is -0.151. The molecule has 354 valence electrons. The number of hydrogen-bond acceptors (Lipinski definition) is 5. The van der Waals surface area contributed by atoms with Crippen LogP contribution in [0, 0.1) is 0 Å². The largest absolute Gasteiger partial charge is 0.462 e. The predicted molar refractivity (Wildman–Crippen MR) is 260 cm³/mol. The van der Waals surface area contributed by atoms with Crippen molar-refractivity contribution in [3.63, 3.8) is 0 Å². The van der Waals surface area contributed by atoms with Gasteiger partial charge in [0.2, 0.25) is 5.91 Å². The molecule has 3 atom stereocenters. The number of amides is 1. The molecule has 0 aliphatic rings. The normalized spacial score (nSPS) is 13.3. The molecule has 0 aromatic carbocycles. The van der Waals surface area contributed by atoms with Gasteiger partial charge >= 0.3 is 5.97 Å². The minimum atomic E-state index is -0.787. The van der Waals surface area contributed by atoms with Gasteiger partial charge in [0.05, 0.1) is 25.2 Å². The Morgan fingerprint density at radius 1 is 0.500 bits per heavy atom. The van der Waals surface area contributed by atoms with Gasteiger partial charge in [-0.15, -0.1) is 0 Å². The summed E-state index contributed by atoms with van der Waals surface area (Å²) in [6, 6.07) is -0.701. The molecule has 0 radical (unpaired) electrons. The lowest BCUT2D eigenvalue weighted by atomic mass is 10.0. The van der Waals surface area contributed by atoms with Crippen LogP contribution in [0.25, 0.3) is 0 Å². The van der Waals surface area contributed by atoms with Gasteiger partial charge in [-0.25, -0.2) is 0 Å². The average Bonchev–Trinajstić information content (AvgIpc) is 3.24. The van der Waals surface area contributed by atoms with E-state index in [9.17, 15) is 19.8 Å². The van der Waals surface area contributed by atoms with Gasteiger partial charge in [-0.05, 0) is 51.4 Å². The predicted octanol–water partition coefficient (Wildman–Crippen LogP) is 15.9. The van der Waals surface area contributed by atoms with E-state index < -0.39 is 18.2 Å². The minimum Gasteiger partial charge on any atom is -0.462 e. The van der Waals surface area contributed by atoms with E-state index in [0.717, 1.165) is 70.6 Å². The highest BCUT2D eigenvalue weighted by Gasteiger charge is 2.24. The zero-order valence-electron chi connectivity index (χ0n) is 40.4. The Bertz CT molecular complexity index is 950. The number of hydrogen-bond donors (Lipinski definition) is 3. The number of carbonyl (C=O) groups excluding carboxylic acids is 2. The molecule has 0 aromatic rings. The molecule has 3 N–H and O–H groups in total. The van der Waals surface area contributed by atoms with Gasteiger partial charge in [0.1, 0.15) is 6.10 Å². The van der Waals surface area contributed by atoms with E-state index in [4.69, 9.17) is 4.74 Å². The zero-order valence-corrected chi connectivity index (χ0v) is 40.4. The van der Waals surface area contributed by atoms with Crippen molar-refractivity contribution in [1.29, 1.82) is 0 Å². The first-order chi connectivity index (χ1) is 29.5. The average molecular weight is 846 g/mol. The third-order valence-corrected chi connectivity index (χ3v) is 12.3. The van der Waals surface area contributed by atoms with E-state index in [1.54, 1.807) is 0 Å². The summed E-state index contributed by atoms with van der Waals surface area (Å²) in [5.41, 5.74) is 0. The Balaban J connectivity index is 4.50. The molecule has 0 aliphatic heterocycles. The Hall–Kier alpha value is -1.66. The molecule has 0 bridgehead atoms. The van der Waals surface area contributed by atoms with Crippen molar-refractivity contribution < 1.29 is 24.5 Å². The van der Waals surface area contributed by atoms with Crippen LogP contribution in [0.2, 0.25) is 0 Å².